The monoisotopic (exact) mass is 372 g/mol. The van der Waals surface area contributed by atoms with Gasteiger partial charge in [-0.15, -0.1) is 0 Å². The zero-order chi connectivity index (χ0) is 19.0. The van der Waals surface area contributed by atoms with E-state index in [1.165, 1.54) is 7.11 Å². The molecule has 0 unspecified atom stereocenters. The lowest BCUT2D eigenvalue weighted by Crippen LogP contribution is -2.67. The molecule has 3 fully saturated rings. The van der Waals surface area contributed by atoms with Crippen LogP contribution in [0.5, 0.6) is 0 Å². The topological polar surface area (TPSA) is 76.2 Å². The maximum absolute atomic E-state index is 12.7. The SMILES string of the molecule is COC(=O)[C@@H]1CC[C@H]2N(C1)C(=O)CN(C(=O)OCc1ccccc1)C21CC1. The highest BCUT2D eigenvalue weighted by atomic mass is 16.6. The lowest BCUT2D eigenvalue weighted by molar-refractivity contribution is -0.156. The molecule has 2 atom stereocenters. The van der Waals surface area contributed by atoms with Gasteiger partial charge in [-0.1, -0.05) is 30.3 Å². The number of hydrogen-bond donors (Lipinski definition) is 0. The summed E-state index contributed by atoms with van der Waals surface area (Å²) in [6.07, 6.45) is 2.68. The van der Waals surface area contributed by atoms with Gasteiger partial charge in [0.2, 0.25) is 5.91 Å². The molecule has 2 aliphatic heterocycles. The van der Waals surface area contributed by atoms with Crippen LogP contribution < -0.4 is 0 Å². The van der Waals surface area contributed by atoms with Crippen LogP contribution in [0.1, 0.15) is 31.2 Å². The summed E-state index contributed by atoms with van der Waals surface area (Å²) in [5.41, 5.74) is 0.585. The van der Waals surface area contributed by atoms with Crippen molar-refractivity contribution >= 4 is 18.0 Å². The average molecular weight is 372 g/mol. The third-order valence-electron chi connectivity index (χ3n) is 6.08. The van der Waals surface area contributed by atoms with Crippen LogP contribution >= 0.6 is 0 Å². The number of benzene rings is 1. The molecule has 2 amide bonds. The molecule has 2 heterocycles. The van der Waals surface area contributed by atoms with Gasteiger partial charge < -0.3 is 14.4 Å². The number of nitrogens with zero attached hydrogens (tertiary/aromatic N) is 2. The molecule has 1 saturated carbocycles. The molecule has 1 spiro atoms. The largest absolute Gasteiger partial charge is 0.469 e. The van der Waals surface area contributed by atoms with E-state index in [9.17, 15) is 14.4 Å². The molecule has 27 heavy (non-hydrogen) atoms. The Morgan fingerprint density at radius 1 is 1.19 bits per heavy atom. The van der Waals surface area contributed by atoms with Gasteiger partial charge in [-0.05, 0) is 31.2 Å². The second-order valence-corrected chi connectivity index (χ2v) is 7.59. The summed E-state index contributed by atoms with van der Waals surface area (Å²) in [6.45, 7) is 0.585. The van der Waals surface area contributed by atoms with Crippen molar-refractivity contribution in [2.45, 2.75) is 43.9 Å². The van der Waals surface area contributed by atoms with Gasteiger partial charge in [0.1, 0.15) is 13.2 Å². The number of methoxy groups -OCH3 is 1. The first-order chi connectivity index (χ1) is 13.0. The molecule has 4 rings (SSSR count). The maximum Gasteiger partial charge on any atom is 0.411 e. The fourth-order valence-corrected chi connectivity index (χ4v) is 4.50. The number of rotatable bonds is 3. The smallest absolute Gasteiger partial charge is 0.411 e. The Labute approximate surface area is 158 Å². The second kappa shape index (κ2) is 6.87. The first-order valence-corrected chi connectivity index (χ1v) is 9.41. The van der Waals surface area contributed by atoms with E-state index in [0.29, 0.717) is 19.4 Å². The van der Waals surface area contributed by atoms with Crippen molar-refractivity contribution in [3.8, 4) is 0 Å². The van der Waals surface area contributed by atoms with Crippen LogP contribution in [0.2, 0.25) is 0 Å². The van der Waals surface area contributed by atoms with E-state index in [2.05, 4.69) is 0 Å². The quantitative estimate of drug-likeness (QED) is 0.758. The third kappa shape index (κ3) is 3.15. The van der Waals surface area contributed by atoms with Crippen molar-refractivity contribution in [3.05, 3.63) is 35.9 Å². The van der Waals surface area contributed by atoms with E-state index in [4.69, 9.17) is 9.47 Å². The van der Waals surface area contributed by atoms with Crippen LogP contribution in [0.25, 0.3) is 0 Å². The Morgan fingerprint density at radius 3 is 2.59 bits per heavy atom. The molecule has 0 radical (unpaired) electrons. The van der Waals surface area contributed by atoms with Gasteiger partial charge in [0.25, 0.3) is 0 Å². The summed E-state index contributed by atoms with van der Waals surface area (Å²) in [4.78, 5) is 40.7. The highest BCUT2D eigenvalue weighted by molar-refractivity contribution is 5.86. The van der Waals surface area contributed by atoms with Gasteiger partial charge in [-0.25, -0.2) is 4.79 Å². The normalized spacial score (nSPS) is 25.7. The third-order valence-corrected chi connectivity index (χ3v) is 6.08. The Bertz CT molecular complexity index is 746. The van der Waals surface area contributed by atoms with E-state index in [1.807, 2.05) is 30.3 Å². The summed E-state index contributed by atoms with van der Waals surface area (Å²) < 4.78 is 10.3. The minimum absolute atomic E-state index is 0.0119. The fourth-order valence-electron chi connectivity index (χ4n) is 4.50. The van der Waals surface area contributed by atoms with Crippen LogP contribution in [0, 0.1) is 5.92 Å². The Kier molecular flexibility index (Phi) is 4.53. The number of piperazine rings is 1. The Hall–Kier alpha value is -2.57. The molecular weight excluding hydrogens is 348 g/mol. The molecule has 144 valence electrons. The van der Waals surface area contributed by atoms with Crippen molar-refractivity contribution in [2.75, 3.05) is 20.2 Å². The van der Waals surface area contributed by atoms with Crippen LogP contribution in [-0.4, -0.2) is 59.5 Å². The van der Waals surface area contributed by atoms with Crippen molar-refractivity contribution in [1.29, 1.82) is 0 Å². The number of carbonyl (C=O) groups excluding carboxylic acids is 3. The number of esters is 1. The van der Waals surface area contributed by atoms with Crippen LogP contribution in [0.4, 0.5) is 4.79 Å². The number of hydrogen-bond acceptors (Lipinski definition) is 5. The summed E-state index contributed by atoms with van der Waals surface area (Å²) in [5.74, 6) is -0.666. The lowest BCUT2D eigenvalue weighted by Gasteiger charge is -2.50. The van der Waals surface area contributed by atoms with Crippen LogP contribution in [0.3, 0.4) is 0 Å². The molecule has 2 saturated heterocycles. The van der Waals surface area contributed by atoms with E-state index in [1.54, 1.807) is 9.80 Å². The maximum atomic E-state index is 12.7. The lowest BCUT2D eigenvalue weighted by atomic mass is 9.85. The predicted molar refractivity (Wildman–Crippen MR) is 95.5 cm³/mol. The second-order valence-electron chi connectivity index (χ2n) is 7.59. The minimum Gasteiger partial charge on any atom is -0.469 e. The Morgan fingerprint density at radius 2 is 1.93 bits per heavy atom. The summed E-state index contributed by atoms with van der Waals surface area (Å²) >= 11 is 0. The molecule has 0 N–H and O–H groups in total. The van der Waals surface area contributed by atoms with Crippen molar-refractivity contribution in [3.63, 3.8) is 0 Å². The summed E-state index contributed by atoms with van der Waals surface area (Å²) in [5, 5.41) is 0. The molecule has 0 aromatic heterocycles. The molecule has 1 aliphatic carbocycles. The first-order valence-electron chi connectivity index (χ1n) is 9.41. The van der Waals surface area contributed by atoms with E-state index in [0.717, 1.165) is 18.4 Å². The van der Waals surface area contributed by atoms with E-state index in [-0.39, 0.29) is 42.5 Å². The first kappa shape index (κ1) is 17.8. The molecule has 7 nitrogen and oxygen atoms in total. The van der Waals surface area contributed by atoms with Gasteiger partial charge in [-0.3, -0.25) is 14.5 Å². The van der Waals surface area contributed by atoms with Crippen LogP contribution in [0.15, 0.2) is 30.3 Å². The summed E-state index contributed by atoms with van der Waals surface area (Å²) in [6, 6.07) is 9.46. The fraction of sp³-hybridized carbons (Fsp3) is 0.550. The van der Waals surface area contributed by atoms with Crippen molar-refractivity contribution < 1.29 is 23.9 Å². The molecular formula is C20H24N2O5. The van der Waals surface area contributed by atoms with Gasteiger partial charge in [-0.2, -0.15) is 0 Å². The summed E-state index contributed by atoms with van der Waals surface area (Å²) in [7, 11) is 1.37. The Balaban J connectivity index is 1.45. The van der Waals surface area contributed by atoms with E-state index < -0.39 is 6.09 Å². The minimum atomic E-state index is -0.431. The standard InChI is InChI=1S/C20H24N2O5/c1-26-18(24)15-7-8-16-20(9-10-20)22(12-17(23)21(16)11-15)19(25)27-13-14-5-3-2-4-6-14/h2-6,15-16H,7-13H2,1H3/t15-,16-/m1/s1. The molecule has 1 aromatic rings. The van der Waals surface area contributed by atoms with Gasteiger partial charge >= 0.3 is 12.1 Å². The molecule has 7 heteroatoms. The van der Waals surface area contributed by atoms with Gasteiger partial charge in [0.05, 0.1) is 24.6 Å². The van der Waals surface area contributed by atoms with Crippen molar-refractivity contribution in [2.24, 2.45) is 5.92 Å². The number of carbonyl (C=O) groups is 3. The zero-order valence-electron chi connectivity index (χ0n) is 15.4. The number of amides is 2. The van der Waals surface area contributed by atoms with E-state index >= 15 is 0 Å². The van der Waals surface area contributed by atoms with Crippen LogP contribution in [-0.2, 0) is 25.7 Å². The number of fused-ring (bicyclic) bond motifs is 2. The van der Waals surface area contributed by atoms with Gasteiger partial charge in [0, 0.05) is 6.54 Å². The predicted octanol–water partition coefficient (Wildman–Crippen LogP) is 1.95. The zero-order valence-corrected chi connectivity index (χ0v) is 15.4. The van der Waals surface area contributed by atoms with Crippen molar-refractivity contribution in [1.82, 2.24) is 9.80 Å². The molecule has 1 aromatic carbocycles. The average Bonchev–Trinajstić information content (AvgIpc) is 3.50. The highest BCUT2D eigenvalue weighted by Crippen LogP contribution is 2.52. The molecule has 3 aliphatic rings. The highest BCUT2D eigenvalue weighted by Gasteiger charge is 2.63. The number of piperidine rings is 1. The van der Waals surface area contributed by atoms with Gasteiger partial charge in [0.15, 0.2) is 0 Å². The molecule has 0 bridgehead atoms. The number of ether oxygens (including phenoxy) is 2.